The van der Waals surface area contributed by atoms with Crippen LogP contribution < -0.4 is 4.74 Å². The number of furan rings is 1. The van der Waals surface area contributed by atoms with Gasteiger partial charge < -0.3 is 18.5 Å². The third kappa shape index (κ3) is 4.29. The molecule has 3 aromatic rings. The zero-order chi connectivity index (χ0) is 20.4. The van der Waals surface area contributed by atoms with E-state index in [2.05, 4.69) is 10.2 Å². The first-order valence-corrected chi connectivity index (χ1v) is 9.91. The molecule has 1 aliphatic rings. The number of amides is 1. The Balaban J connectivity index is 1.36. The number of carbonyl (C=O) groups excluding carboxylic acids is 1. The number of rotatable bonds is 5. The lowest BCUT2D eigenvalue weighted by molar-refractivity contribution is -0.146. The summed E-state index contributed by atoms with van der Waals surface area (Å²) in [5.41, 5.74) is -0.975. The van der Waals surface area contributed by atoms with E-state index in [1.54, 1.807) is 56.5 Å². The third-order valence-corrected chi connectivity index (χ3v) is 5.26. The van der Waals surface area contributed by atoms with Crippen molar-refractivity contribution < 1.29 is 18.4 Å². The molecule has 8 heteroatoms. The first-order valence-electron chi connectivity index (χ1n) is 9.53. The van der Waals surface area contributed by atoms with Crippen LogP contribution in [0.5, 0.6) is 5.75 Å². The largest absolute Gasteiger partial charge is 0.478 e. The van der Waals surface area contributed by atoms with Crippen LogP contribution in [-0.2, 0) is 4.79 Å². The van der Waals surface area contributed by atoms with Crippen LogP contribution in [0.25, 0.3) is 11.7 Å². The monoisotopic (exact) mass is 415 g/mol. The minimum Gasteiger partial charge on any atom is -0.478 e. The minimum atomic E-state index is -0.975. The highest BCUT2D eigenvalue weighted by molar-refractivity contribution is 6.30. The summed E-state index contributed by atoms with van der Waals surface area (Å²) in [6.45, 7) is 4.78. The van der Waals surface area contributed by atoms with Gasteiger partial charge in [-0.15, -0.1) is 10.2 Å². The van der Waals surface area contributed by atoms with Gasteiger partial charge in [-0.1, -0.05) is 11.6 Å². The van der Waals surface area contributed by atoms with Gasteiger partial charge in [0.25, 0.3) is 11.8 Å². The molecule has 29 heavy (non-hydrogen) atoms. The molecule has 1 fully saturated rings. The van der Waals surface area contributed by atoms with Crippen molar-refractivity contribution in [3.63, 3.8) is 0 Å². The lowest BCUT2D eigenvalue weighted by Gasteiger charge is -2.36. The maximum atomic E-state index is 13.0. The number of likely N-dealkylation sites (tertiary alicyclic amines) is 1. The number of aromatic nitrogens is 2. The van der Waals surface area contributed by atoms with E-state index in [1.165, 1.54) is 0 Å². The Morgan fingerprint density at radius 3 is 2.55 bits per heavy atom. The molecule has 0 radical (unpaired) electrons. The molecule has 0 aliphatic carbocycles. The predicted molar refractivity (Wildman–Crippen MR) is 107 cm³/mol. The maximum absolute atomic E-state index is 13.0. The second-order valence-electron chi connectivity index (χ2n) is 7.56. The fraction of sp³-hybridized carbons (Fsp3) is 0.381. The van der Waals surface area contributed by atoms with Crippen LogP contribution in [0, 0.1) is 0 Å². The number of halogens is 1. The highest BCUT2D eigenvalue weighted by Gasteiger charge is 2.37. The Bertz CT molecular complexity index is 958. The number of carbonyl (C=O) groups is 1. The van der Waals surface area contributed by atoms with Crippen molar-refractivity contribution in [1.82, 2.24) is 15.1 Å². The minimum absolute atomic E-state index is 0.0484. The molecule has 0 bridgehead atoms. The molecule has 1 aromatic carbocycles. The molecule has 0 saturated carbocycles. The molecule has 1 amide bonds. The summed E-state index contributed by atoms with van der Waals surface area (Å²) in [7, 11) is 0. The fourth-order valence-corrected chi connectivity index (χ4v) is 3.58. The van der Waals surface area contributed by atoms with Gasteiger partial charge in [-0.25, -0.2) is 0 Å². The Labute approximate surface area is 173 Å². The molecular weight excluding hydrogens is 394 g/mol. The maximum Gasteiger partial charge on any atom is 0.283 e. The molecule has 1 aliphatic heterocycles. The van der Waals surface area contributed by atoms with Crippen molar-refractivity contribution in [1.29, 1.82) is 0 Å². The number of hydrogen-bond donors (Lipinski definition) is 0. The summed E-state index contributed by atoms with van der Waals surface area (Å²) in [4.78, 5) is 14.8. The van der Waals surface area contributed by atoms with Crippen molar-refractivity contribution >= 4 is 17.5 Å². The van der Waals surface area contributed by atoms with Gasteiger partial charge in [0.2, 0.25) is 5.89 Å². The quantitative estimate of drug-likeness (QED) is 0.608. The lowest BCUT2D eigenvalue weighted by atomic mass is 9.95. The van der Waals surface area contributed by atoms with Gasteiger partial charge in [-0.05, 0) is 63.1 Å². The summed E-state index contributed by atoms with van der Waals surface area (Å²) in [6.07, 6.45) is 3.07. The van der Waals surface area contributed by atoms with Crippen LogP contribution in [0.1, 0.15) is 38.5 Å². The van der Waals surface area contributed by atoms with Gasteiger partial charge in [0.15, 0.2) is 11.4 Å². The number of nitrogens with zero attached hydrogens (tertiary/aromatic N) is 3. The molecule has 3 heterocycles. The Morgan fingerprint density at radius 2 is 1.90 bits per heavy atom. The molecular formula is C21H22ClN3O4. The van der Waals surface area contributed by atoms with Crippen LogP contribution in [0.2, 0.25) is 5.02 Å². The zero-order valence-electron chi connectivity index (χ0n) is 16.3. The highest BCUT2D eigenvalue weighted by atomic mass is 35.5. The molecule has 1 saturated heterocycles. The SMILES string of the molecule is CC(C)(Oc1ccc(Cl)cc1)C(=O)N1CCC(c2nnc(-c3ccco3)o2)CC1. The summed E-state index contributed by atoms with van der Waals surface area (Å²) >= 11 is 5.91. The zero-order valence-corrected chi connectivity index (χ0v) is 17.1. The van der Waals surface area contributed by atoms with Crippen LogP contribution in [0.15, 0.2) is 51.5 Å². The molecule has 2 aromatic heterocycles. The fourth-order valence-electron chi connectivity index (χ4n) is 3.45. The number of benzene rings is 1. The van der Waals surface area contributed by atoms with Gasteiger partial charge in [0.1, 0.15) is 5.75 Å². The number of piperidine rings is 1. The molecule has 0 atom stereocenters. The van der Waals surface area contributed by atoms with E-state index in [1.807, 2.05) is 4.90 Å². The average Bonchev–Trinajstić information content (AvgIpc) is 3.41. The van der Waals surface area contributed by atoms with E-state index < -0.39 is 5.60 Å². The van der Waals surface area contributed by atoms with E-state index in [0.29, 0.717) is 41.4 Å². The van der Waals surface area contributed by atoms with Crippen molar-refractivity contribution in [3.8, 4) is 17.4 Å². The summed E-state index contributed by atoms with van der Waals surface area (Å²) < 4.78 is 17.0. The van der Waals surface area contributed by atoms with Crippen molar-refractivity contribution in [3.05, 3.63) is 53.6 Å². The van der Waals surface area contributed by atoms with E-state index in [9.17, 15) is 4.79 Å². The number of hydrogen-bond acceptors (Lipinski definition) is 6. The smallest absolute Gasteiger partial charge is 0.283 e. The first-order chi connectivity index (χ1) is 13.9. The van der Waals surface area contributed by atoms with Gasteiger partial charge in [-0.3, -0.25) is 4.79 Å². The normalized spacial score (nSPS) is 15.5. The molecule has 0 N–H and O–H groups in total. The first kappa shape index (κ1) is 19.5. The lowest BCUT2D eigenvalue weighted by Crippen LogP contribution is -2.51. The molecule has 0 unspecified atom stereocenters. The topological polar surface area (TPSA) is 81.6 Å². The van der Waals surface area contributed by atoms with Crippen LogP contribution in [0.4, 0.5) is 0 Å². The summed E-state index contributed by atoms with van der Waals surface area (Å²) in [5.74, 6) is 2.20. The molecule has 4 rings (SSSR count). The summed E-state index contributed by atoms with van der Waals surface area (Å²) in [5, 5.41) is 8.85. The van der Waals surface area contributed by atoms with E-state index in [0.717, 1.165) is 12.8 Å². The van der Waals surface area contributed by atoms with E-state index in [-0.39, 0.29) is 11.8 Å². The van der Waals surface area contributed by atoms with E-state index >= 15 is 0 Å². The standard InChI is InChI=1S/C21H22ClN3O4/c1-21(2,29-16-7-5-15(22)6-8-16)20(26)25-11-9-14(10-12-25)18-23-24-19(28-18)17-4-3-13-27-17/h3-8,13-14H,9-12H2,1-2H3. The Hall–Kier alpha value is -2.80. The Kier molecular flexibility index (Phi) is 5.32. The van der Waals surface area contributed by atoms with Gasteiger partial charge in [-0.2, -0.15) is 0 Å². The molecule has 7 nitrogen and oxygen atoms in total. The van der Waals surface area contributed by atoms with Gasteiger partial charge in [0.05, 0.1) is 6.26 Å². The van der Waals surface area contributed by atoms with Crippen LogP contribution >= 0.6 is 11.6 Å². The van der Waals surface area contributed by atoms with Crippen molar-refractivity contribution in [2.75, 3.05) is 13.1 Å². The number of ether oxygens (including phenoxy) is 1. The predicted octanol–water partition coefficient (Wildman–Crippen LogP) is 4.55. The van der Waals surface area contributed by atoms with E-state index in [4.69, 9.17) is 25.2 Å². The highest BCUT2D eigenvalue weighted by Crippen LogP contribution is 2.31. The van der Waals surface area contributed by atoms with Gasteiger partial charge >= 0.3 is 0 Å². The van der Waals surface area contributed by atoms with Crippen LogP contribution in [-0.4, -0.2) is 39.7 Å². The van der Waals surface area contributed by atoms with Crippen molar-refractivity contribution in [2.45, 2.75) is 38.2 Å². The second-order valence-corrected chi connectivity index (χ2v) is 7.99. The van der Waals surface area contributed by atoms with Crippen LogP contribution in [0.3, 0.4) is 0 Å². The van der Waals surface area contributed by atoms with Crippen molar-refractivity contribution in [2.24, 2.45) is 0 Å². The Morgan fingerprint density at radius 1 is 1.17 bits per heavy atom. The summed E-state index contributed by atoms with van der Waals surface area (Å²) in [6, 6.07) is 10.6. The third-order valence-electron chi connectivity index (χ3n) is 5.01. The molecule has 0 spiro atoms. The average molecular weight is 416 g/mol. The molecule has 152 valence electrons. The van der Waals surface area contributed by atoms with Gasteiger partial charge in [0, 0.05) is 24.0 Å². The second kappa shape index (κ2) is 7.91.